The van der Waals surface area contributed by atoms with E-state index in [-0.39, 0.29) is 17.7 Å². The highest BCUT2D eigenvalue weighted by molar-refractivity contribution is 5.92. The quantitative estimate of drug-likeness (QED) is 0.688. The molecule has 7 heteroatoms. The van der Waals surface area contributed by atoms with Gasteiger partial charge in [-0.25, -0.2) is 0 Å². The molecule has 0 atom stereocenters. The van der Waals surface area contributed by atoms with Crippen LogP contribution in [0.3, 0.4) is 0 Å². The van der Waals surface area contributed by atoms with Crippen LogP contribution in [0.1, 0.15) is 13.8 Å². The van der Waals surface area contributed by atoms with Gasteiger partial charge in [-0.05, 0) is 24.3 Å². The van der Waals surface area contributed by atoms with Crippen LogP contribution in [0.25, 0.3) is 0 Å². The molecule has 124 valence electrons. The molecule has 7 nitrogen and oxygen atoms in total. The Kier molecular flexibility index (Phi) is 5.70. The second-order valence-electron chi connectivity index (χ2n) is 5.74. The molecule has 0 saturated carbocycles. The van der Waals surface area contributed by atoms with Crippen molar-refractivity contribution in [1.29, 1.82) is 0 Å². The number of piperazine rings is 1. The highest BCUT2D eigenvalue weighted by atomic mass is 16.2. The Hall–Kier alpha value is -2.41. The molecule has 2 rings (SSSR count). The molecule has 3 N–H and O–H groups in total. The number of hydrogen-bond donors (Lipinski definition) is 3. The number of rotatable bonds is 4. The van der Waals surface area contributed by atoms with Gasteiger partial charge in [0.2, 0.25) is 11.8 Å². The molecule has 23 heavy (non-hydrogen) atoms. The predicted octanol–water partition coefficient (Wildman–Crippen LogP) is -0.669. The molecule has 0 unspecified atom stereocenters. The van der Waals surface area contributed by atoms with Crippen molar-refractivity contribution in [2.24, 2.45) is 0 Å². The van der Waals surface area contributed by atoms with Crippen LogP contribution in [0.15, 0.2) is 24.3 Å². The van der Waals surface area contributed by atoms with Gasteiger partial charge in [-0.3, -0.25) is 14.4 Å². The molecular weight excluding hydrogens is 296 g/mol. The van der Waals surface area contributed by atoms with E-state index in [9.17, 15) is 14.4 Å². The van der Waals surface area contributed by atoms with Crippen molar-refractivity contribution >= 4 is 29.1 Å². The van der Waals surface area contributed by atoms with E-state index in [1.165, 1.54) is 11.8 Å². The fourth-order valence-electron chi connectivity index (χ4n) is 2.59. The summed E-state index contributed by atoms with van der Waals surface area (Å²) in [6.45, 7) is 6.38. The monoisotopic (exact) mass is 319 g/mol. The van der Waals surface area contributed by atoms with Crippen LogP contribution in [0.2, 0.25) is 0 Å². The smallest absolute Gasteiger partial charge is 0.279 e. The topological polar surface area (TPSA) is 82.9 Å². The highest BCUT2D eigenvalue weighted by Crippen LogP contribution is 2.13. The number of anilines is 2. The van der Waals surface area contributed by atoms with Gasteiger partial charge in [0.25, 0.3) is 5.91 Å². The van der Waals surface area contributed by atoms with Gasteiger partial charge in [-0.1, -0.05) is 0 Å². The van der Waals surface area contributed by atoms with Crippen LogP contribution in [-0.4, -0.2) is 55.3 Å². The molecule has 1 aromatic carbocycles. The average Bonchev–Trinajstić information content (AvgIpc) is 2.49. The second kappa shape index (κ2) is 7.73. The first-order chi connectivity index (χ1) is 10.9. The molecule has 1 aliphatic heterocycles. The molecule has 1 fully saturated rings. The first-order valence-corrected chi connectivity index (χ1v) is 7.70. The van der Waals surface area contributed by atoms with Gasteiger partial charge in [-0.2, -0.15) is 0 Å². The van der Waals surface area contributed by atoms with Crippen molar-refractivity contribution in [3.8, 4) is 0 Å². The van der Waals surface area contributed by atoms with E-state index in [0.29, 0.717) is 31.0 Å². The minimum Gasteiger partial charge on any atom is -0.332 e. The largest absolute Gasteiger partial charge is 0.332 e. The average molecular weight is 319 g/mol. The maximum atomic E-state index is 12.1. The van der Waals surface area contributed by atoms with Gasteiger partial charge in [0.15, 0.2) is 6.54 Å². The minimum atomic E-state index is -0.130. The summed E-state index contributed by atoms with van der Waals surface area (Å²) in [5.74, 6) is -0.0913. The van der Waals surface area contributed by atoms with Crippen molar-refractivity contribution < 1.29 is 19.3 Å². The predicted molar refractivity (Wildman–Crippen MR) is 87.2 cm³/mol. The molecule has 0 bridgehead atoms. The molecule has 0 aromatic heterocycles. The second-order valence-corrected chi connectivity index (χ2v) is 5.74. The minimum absolute atomic E-state index is 0.0523. The number of hydrogen-bond acceptors (Lipinski definition) is 3. The van der Waals surface area contributed by atoms with E-state index in [1.807, 2.05) is 4.90 Å². The summed E-state index contributed by atoms with van der Waals surface area (Å²) in [6, 6.07) is 7.00. The molecule has 0 aliphatic carbocycles. The van der Waals surface area contributed by atoms with Crippen molar-refractivity contribution in [1.82, 2.24) is 4.90 Å². The van der Waals surface area contributed by atoms with Gasteiger partial charge in [0.05, 0.1) is 26.2 Å². The van der Waals surface area contributed by atoms with E-state index in [0.717, 1.165) is 13.1 Å². The lowest BCUT2D eigenvalue weighted by atomic mass is 10.2. The van der Waals surface area contributed by atoms with Crippen LogP contribution < -0.4 is 15.5 Å². The van der Waals surface area contributed by atoms with E-state index in [1.54, 1.807) is 31.2 Å². The lowest BCUT2D eigenvalue weighted by molar-refractivity contribution is -0.895. The summed E-state index contributed by atoms with van der Waals surface area (Å²) in [4.78, 5) is 37.3. The van der Waals surface area contributed by atoms with Crippen molar-refractivity contribution in [3.63, 3.8) is 0 Å². The fourth-order valence-corrected chi connectivity index (χ4v) is 2.59. The number of nitrogens with zero attached hydrogens (tertiary/aromatic N) is 1. The molecule has 1 aliphatic rings. The van der Waals surface area contributed by atoms with Crippen LogP contribution in [0.5, 0.6) is 0 Å². The highest BCUT2D eigenvalue weighted by Gasteiger charge is 2.23. The zero-order valence-corrected chi connectivity index (χ0v) is 13.5. The number of nitrogens with one attached hydrogen (secondary N) is 3. The Morgan fingerprint density at radius 2 is 1.52 bits per heavy atom. The van der Waals surface area contributed by atoms with E-state index in [4.69, 9.17) is 0 Å². The molecule has 3 amide bonds. The molecular formula is C16H23N4O3+. The summed E-state index contributed by atoms with van der Waals surface area (Å²) >= 11 is 0. The van der Waals surface area contributed by atoms with Gasteiger partial charge in [-0.15, -0.1) is 0 Å². The maximum Gasteiger partial charge on any atom is 0.279 e. The fraction of sp³-hybridized carbons (Fsp3) is 0.438. The number of carbonyl (C=O) groups excluding carboxylic acids is 3. The Morgan fingerprint density at radius 3 is 2.00 bits per heavy atom. The molecule has 1 aromatic rings. The number of benzene rings is 1. The number of amides is 3. The third-order valence-electron chi connectivity index (χ3n) is 3.82. The first kappa shape index (κ1) is 17.0. The van der Waals surface area contributed by atoms with Crippen LogP contribution >= 0.6 is 0 Å². The van der Waals surface area contributed by atoms with E-state index in [2.05, 4.69) is 10.6 Å². The van der Waals surface area contributed by atoms with Crippen LogP contribution in [-0.2, 0) is 14.4 Å². The zero-order chi connectivity index (χ0) is 16.8. The third-order valence-corrected chi connectivity index (χ3v) is 3.82. The van der Waals surface area contributed by atoms with Crippen molar-refractivity contribution in [2.45, 2.75) is 13.8 Å². The Bertz CT molecular complexity index is 577. The summed E-state index contributed by atoms with van der Waals surface area (Å²) in [7, 11) is 0. The molecule has 1 heterocycles. The lowest BCUT2D eigenvalue weighted by Crippen LogP contribution is -3.15. The standard InChI is InChI=1S/C16H22N4O3/c1-12(21)17-14-3-5-15(6-4-14)18-16(23)11-19-7-9-20(10-8-19)13(2)22/h3-6H,7-11H2,1-2H3,(H,17,21)(H,18,23)/p+1. The summed E-state index contributed by atoms with van der Waals surface area (Å²) in [5, 5.41) is 5.53. The molecule has 0 spiro atoms. The van der Waals surface area contributed by atoms with E-state index < -0.39 is 0 Å². The SMILES string of the molecule is CC(=O)Nc1ccc(NC(=O)C[NH+]2CCN(C(C)=O)CC2)cc1. The van der Waals surface area contributed by atoms with E-state index >= 15 is 0 Å². The number of carbonyl (C=O) groups is 3. The Balaban J connectivity index is 1.79. The summed E-state index contributed by atoms with van der Waals surface area (Å²) < 4.78 is 0. The zero-order valence-electron chi connectivity index (χ0n) is 13.5. The Labute approximate surface area is 135 Å². The van der Waals surface area contributed by atoms with Crippen molar-refractivity contribution in [2.75, 3.05) is 43.4 Å². The summed E-state index contributed by atoms with van der Waals surface area (Å²) in [6.07, 6.45) is 0. The number of quaternary nitrogens is 1. The summed E-state index contributed by atoms with van der Waals surface area (Å²) in [5.41, 5.74) is 1.40. The molecule has 1 saturated heterocycles. The van der Waals surface area contributed by atoms with Gasteiger partial charge < -0.3 is 20.4 Å². The van der Waals surface area contributed by atoms with Gasteiger partial charge in [0.1, 0.15) is 0 Å². The van der Waals surface area contributed by atoms with Gasteiger partial charge >= 0.3 is 0 Å². The maximum absolute atomic E-state index is 12.1. The van der Waals surface area contributed by atoms with Crippen LogP contribution in [0, 0.1) is 0 Å². The third kappa shape index (κ3) is 5.37. The van der Waals surface area contributed by atoms with Crippen molar-refractivity contribution in [3.05, 3.63) is 24.3 Å². The lowest BCUT2D eigenvalue weighted by Gasteiger charge is -2.31. The van der Waals surface area contributed by atoms with Crippen LogP contribution in [0.4, 0.5) is 11.4 Å². The molecule has 0 radical (unpaired) electrons. The Morgan fingerprint density at radius 1 is 1.00 bits per heavy atom. The van der Waals surface area contributed by atoms with Gasteiger partial charge in [0, 0.05) is 25.2 Å². The first-order valence-electron chi connectivity index (χ1n) is 7.70. The normalized spacial score (nSPS) is 15.1.